The number of nitrogens with one attached hydrogen (secondary N) is 1. The average molecular weight is 299 g/mol. The van der Waals surface area contributed by atoms with Crippen molar-refractivity contribution >= 4 is 26.5 Å². The summed E-state index contributed by atoms with van der Waals surface area (Å²) >= 11 is 1.18. The average Bonchev–Trinajstić information content (AvgIpc) is 2.73. The first kappa shape index (κ1) is 13.9. The van der Waals surface area contributed by atoms with Crippen molar-refractivity contribution < 1.29 is 13.5 Å². The molecule has 0 amide bonds. The van der Waals surface area contributed by atoms with Gasteiger partial charge in [0.15, 0.2) is 0 Å². The molecule has 6 nitrogen and oxygen atoms in total. The van der Waals surface area contributed by atoms with Crippen LogP contribution in [0, 0.1) is 6.92 Å². The lowest BCUT2D eigenvalue weighted by molar-refractivity contribution is 0.282. The lowest BCUT2D eigenvalue weighted by Gasteiger charge is -2.06. The number of nitrogens with zero attached hydrogens (tertiary/aromatic N) is 2. The molecule has 0 bridgehead atoms. The summed E-state index contributed by atoms with van der Waals surface area (Å²) in [6.45, 7) is 1.64. The van der Waals surface area contributed by atoms with Crippen molar-refractivity contribution in [3.8, 4) is 0 Å². The van der Waals surface area contributed by atoms with Crippen LogP contribution in [0.15, 0.2) is 24.3 Å². The van der Waals surface area contributed by atoms with Crippen molar-refractivity contribution in [3.05, 3.63) is 40.4 Å². The standard InChI is InChI=1S/C11H13N3O3S2/c1-8-12-13-11(18-8)14-19(16,17)7-10-4-2-3-9(5-10)6-15/h2-5,15H,6-7H2,1H3,(H,13,14). The van der Waals surface area contributed by atoms with Gasteiger partial charge in [0.2, 0.25) is 15.2 Å². The van der Waals surface area contributed by atoms with E-state index in [2.05, 4.69) is 14.9 Å². The quantitative estimate of drug-likeness (QED) is 0.867. The van der Waals surface area contributed by atoms with E-state index in [0.717, 1.165) is 0 Å². The summed E-state index contributed by atoms with van der Waals surface area (Å²) in [4.78, 5) is 0. The third kappa shape index (κ3) is 3.98. The summed E-state index contributed by atoms with van der Waals surface area (Å²) in [6, 6.07) is 6.80. The van der Waals surface area contributed by atoms with Gasteiger partial charge in [0, 0.05) is 0 Å². The van der Waals surface area contributed by atoms with E-state index in [4.69, 9.17) is 5.11 Å². The third-order valence-corrected chi connectivity index (χ3v) is 4.40. The smallest absolute Gasteiger partial charge is 0.238 e. The van der Waals surface area contributed by atoms with E-state index in [0.29, 0.717) is 16.1 Å². The van der Waals surface area contributed by atoms with Gasteiger partial charge in [0.05, 0.1) is 12.4 Å². The van der Waals surface area contributed by atoms with Crippen molar-refractivity contribution in [2.24, 2.45) is 0 Å². The number of anilines is 1. The van der Waals surface area contributed by atoms with Gasteiger partial charge in [-0.25, -0.2) is 8.42 Å². The highest BCUT2D eigenvalue weighted by molar-refractivity contribution is 7.92. The van der Waals surface area contributed by atoms with E-state index in [-0.39, 0.29) is 17.5 Å². The number of aromatic nitrogens is 2. The number of hydrogen-bond donors (Lipinski definition) is 2. The zero-order valence-corrected chi connectivity index (χ0v) is 11.8. The number of hydrogen-bond acceptors (Lipinski definition) is 6. The fraction of sp³-hybridized carbons (Fsp3) is 0.273. The highest BCUT2D eigenvalue weighted by Crippen LogP contribution is 2.17. The number of sulfonamides is 1. The summed E-state index contributed by atoms with van der Waals surface area (Å²) in [5.41, 5.74) is 1.29. The summed E-state index contributed by atoms with van der Waals surface area (Å²) in [6.07, 6.45) is 0. The Morgan fingerprint density at radius 1 is 1.32 bits per heavy atom. The predicted octanol–water partition coefficient (Wildman–Crippen LogP) is 1.28. The molecule has 0 atom stereocenters. The Balaban J connectivity index is 2.12. The molecular weight excluding hydrogens is 286 g/mol. The Morgan fingerprint density at radius 3 is 2.68 bits per heavy atom. The second kappa shape index (κ2) is 5.64. The van der Waals surface area contributed by atoms with Crippen molar-refractivity contribution in [1.29, 1.82) is 0 Å². The Bertz CT molecular complexity index is 667. The van der Waals surface area contributed by atoms with Gasteiger partial charge in [-0.05, 0) is 18.1 Å². The first-order valence-corrected chi connectivity index (χ1v) is 7.95. The number of aliphatic hydroxyl groups is 1. The van der Waals surface area contributed by atoms with Gasteiger partial charge in [0.1, 0.15) is 5.01 Å². The van der Waals surface area contributed by atoms with Crippen LogP contribution in [0.3, 0.4) is 0 Å². The van der Waals surface area contributed by atoms with Crippen LogP contribution in [0.4, 0.5) is 5.13 Å². The zero-order valence-electron chi connectivity index (χ0n) is 10.2. The minimum absolute atomic E-state index is 0.114. The van der Waals surface area contributed by atoms with Crippen LogP contribution in [-0.4, -0.2) is 23.7 Å². The SMILES string of the molecule is Cc1nnc(NS(=O)(=O)Cc2cccc(CO)c2)s1. The van der Waals surface area contributed by atoms with Crippen molar-refractivity contribution in [1.82, 2.24) is 10.2 Å². The molecular formula is C11H13N3O3S2. The third-order valence-electron chi connectivity index (χ3n) is 2.30. The first-order valence-electron chi connectivity index (χ1n) is 5.48. The maximum absolute atomic E-state index is 11.9. The fourth-order valence-corrected chi connectivity index (χ4v) is 3.53. The van der Waals surface area contributed by atoms with Gasteiger partial charge in [-0.3, -0.25) is 4.72 Å². The van der Waals surface area contributed by atoms with Crippen molar-refractivity contribution in [2.45, 2.75) is 19.3 Å². The molecule has 0 aliphatic rings. The van der Waals surface area contributed by atoms with Crippen LogP contribution < -0.4 is 4.72 Å². The van der Waals surface area contributed by atoms with Crippen LogP contribution in [0.1, 0.15) is 16.1 Å². The molecule has 19 heavy (non-hydrogen) atoms. The second-order valence-electron chi connectivity index (χ2n) is 3.97. The van der Waals surface area contributed by atoms with Gasteiger partial charge in [0.25, 0.3) is 0 Å². The number of benzene rings is 1. The van der Waals surface area contributed by atoms with Gasteiger partial charge >= 0.3 is 0 Å². The summed E-state index contributed by atoms with van der Waals surface area (Å²) < 4.78 is 26.3. The molecule has 8 heteroatoms. The van der Waals surface area contributed by atoms with Crippen LogP contribution in [0.2, 0.25) is 0 Å². The molecule has 0 saturated heterocycles. The topological polar surface area (TPSA) is 92.2 Å². The Morgan fingerprint density at radius 2 is 2.05 bits per heavy atom. The molecule has 102 valence electrons. The molecule has 0 spiro atoms. The molecule has 1 aromatic carbocycles. The van der Waals surface area contributed by atoms with Crippen LogP contribution in [0.5, 0.6) is 0 Å². The van der Waals surface area contributed by atoms with Gasteiger partial charge in [-0.15, -0.1) is 10.2 Å². The predicted molar refractivity (Wildman–Crippen MR) is 73.3 cm³/mol. The highest BCUT2D eigenvalue weighted by atomic mass is 32.2. The normalized spacial score (nSPS) is 11.5. The van der Waals surface area contributed by atoms with E-state index in [1.165, 1.54) is 11.3 Å². The van der Waals surface area contributed by atoms with Gasteiger partial charge in [-0.2, -0.15) is 0 Å². The Labute approximate surface area is 115 Å². The van der Waals surface area contributed by atoms with Gasteiger partial charge in [-0.1, -0.05) is 35.6 Å². The van der Waals surface area contributed by atoms with Crippen LogP contribution in [-0.2, 0) is 22.4 Å². The maximum atomic E-state index is 11.9. The van der Waals surface area contributed by atoms with E-state index in [9.17, 15) is 8.42 Å². The Kier molecular flexibility index (Phi) is 4.13. The highest BCUT2D eigenvalue weighted by Gasteiger charge is 2.14. The molecule has 2 aromatic rings. The molecule has 1 aromatic heterocycles. The lowest BCUT2D eigenvalue weighted by atomic mass is 10.1. The number of aliphatic hydroxyl groups excluding tert-OH is 1. The lowest BCUT2D eigenvalue weighted by Crippen LogP contribution is -2.15. The first-order chi connectivity index (χ1) is 8.98. The molecule has 0 aliphatic carbocycles. The molecule has 1 heterocycles. The molecule has 0 radical (unpaired) electrons. The van der Waals surface area contributed by atoms with E-state index >= 15 is 0 Å². The minimum Gasteiger partial charge on any atom is -0.392 e. The largest absolute Gasteiger partial charge is 0.392 e. The van der Waals surface area contributed by atoms with E-state index in [1.807, 2.05) is 0 Å². The number of aryl methyl sites for hydroxylation is 1. The van der Waals surface area contributed by atoms with E-state index in [1.54, 1.807) is 31.2 Å². The molecule has 0 saturated carbocycles. The summed E-state index contributed by atoms with van der Waals surface area (Å²) in [5.74, 6) is -0.167. The molecule has 0 aliphatic heterocycles. The molecule has 0 unspecified atom stereocenters. The van der Waals surface area contributed by atoms with E-state index < -0.39 is 10.0 Å². The monoisotopic (exact) mass is 299 g/mol. The Hall–Kier alpha value is -1.51. The molecule has 2 N–H and O–H groups in total. The van der Waals surface area contributed by atoms with Crippen LogP contribution >= 0.6 is 11.3 Å². The molecule has 2 rings (SSSR count). The van der Waals surface area contributed by atoms with Gasteiger partial charge < -0.3 is 5.11 Å². The fourth-order valence-electron chi connectivity index (χ4n) is 1.54. The van der Waals surface area contributed by atoms with Crippen molar-refractivity contribution in [3.63, 3.8) is 0 Å². The zero-order chi connectivity index (χ0) is 13.9. The summed E-state index contributed by atoms with van der Waals surface area (Å²) in [7, 11) is -3.52. The van der Waals surface area contributed by atoms with Crippen LogP contribution in [0.25, 0.3) is 0 Å². The number of rotatable bonds is 5. The minimum atomic E-state index is -3.52. The molecule has 0 fully saturated rings. The second-order valence-corrected chi connectivity index (χ2v) is 6.87. The summed E-state index contributed by atoms with van der Waals surface area (Å²) in [5, 5.41) is 17.4. The maximum Gasteiger partial charge on any atom is 0.238 e. The van der Waals surface area contributed by atoms with Crippen molar-refractivity contribution in [2.75, 3.05) is 4.72 Å².